The van der Waals surface area contributed by atoms with Crippen LogP contribution in [0.5, 0.6) is 0 Å². The summed E-state index contributed by atoms with van der Waals surface area (Å²) in [4.78, 5) is 40.9. The summed E-state index contributed by atoms with van der Waals surface area (Å²) in [6, 6.07) is 0. The highest BCUT2D eigenvalue weighted by Crippen LogP contribution is 2.12. The summed E-state index contributed by atoms with van der Waals surface area (Å²) in [7, 11) is 4.73. The first kappa shape index (κ1) is 44.7. The number of hydrogen-bond acceptors (Lipinski definition) is 9. The maximum atomic E-state index is 11.5. The van der Waals surface area contributed by atoms with E-state index in [1.165, 1.54) is 7.11 Å². The fourth-order valence-electron chi connectivity index (χ4n) is 1.80. The van der Waals surface area contributed by atoms with Crippen molar-refractivity contribution in [1.29, 1.82) is 0 Å². The van der Waals surface area contributed by atoms with Crippen molar-refractivity contribution in [2.24, 2.45) is 28.7 Å². The lowest BCUT2D eigenvalue weighted by Gasteiger charge is -2.18. The van der Waals surface area contributed by atoms with Crippen LogP contribution in [0.1, 0.15) is 95.4 Å². The number of nitrogens with one attached hydrogen (secondary N) is 1. The molecule has 0 heterocycles. The number of aldehydes is 1. The van der Waals surface area contributed by atoms with Crippen LogP contribution >= 0.6 is 0 Å². The molecule has 0 aromatic rings. The number of nitrogens with zero attached hydrogens (tertiary/aromatic N) is 1. The van der Waals surface area contributed by atoms with Crippen molar-refractivity contribution in [3.05, 3.63) is 12.2 Å². The predicted molar refractivity (Wildman–Crippen MR) is 162 cm³/mol. The number of carbonyl (C=O) groups excluding carboxylic acids is 3. The standard InChI is InChI=1S/C12H24O3.C9H16N2O2.C5H10O.C4H10O2/c1-6-7-11(14-5)8-15-12(13)10(4)9(2)3;1-5-6-8(10-4)11-13-9(12)7(2)3;1-3-5(2)4-6;1-4(2,5)6-3/h9-11H,6-8H2,1-5H3;5-7H,1-4H3,(H,10,11);4-5H,3H2,1-2H3;5H,1-3H3/b;6-5-;;. The molecule has 10 nitrogen and oxygen atoms in total. The van der Waals surface area contributed by atoms with E-state index in [2.05, 4.69) is 22.1 Å². The average molecular weight is 577 g/mol. The number of aliphatic imine (C=N–C) groups is 1. The van der Waals surface area contributed by atoms with Crippen LogP contribution in [0.4, 0.5) is 0 Å². The number of aliphatic hydroxyl groups is 1. The van der Waals surface area contributed by atoms with Crippen molar-refractivity contribution in [3.8, 4) is 0 Å². The normalized spacial score (nSPS) is 13.5. The van der Waals surface area contributed by atoms with Gasteiger partial charge in [0.15, 0.2) is 11.6 Å². The van der Waals surface area contributed by atoms with Crippen molar-refractivity contribution >= 4 is 24.1 Å². The van der Waals surface area contributed by atoms with Crippen molar-refractivity contribution in [2.75, 3.05) is 27.9 Å². The predicted octanol–water partition coefficient (Wildman–Crippen LogP) is 5.52. The molecule has 0 amide bonds. The van der Waals surface area contributed by atoms with Gasteiger partial charge in [0.2, 0.25) is 0 Å². The lowest BCUT2D eigenvalue weighted by Crippen LogP contribution is -2.27. The molecule has 40 heavy (non-hydrogen) atoms. The second-order valence-corrected chi connectivity index (χ2v) is 10.3. The Morgan fingerprint density at radius 3 is 1.82 bits per heavy atom. The van der Waals surface area contributed by atoms with Crippen LogP contribution in [-0.2, 0) is 33.4 Å². The van der Waals surface area contributed by atoms with Crippen LogP contribution in [0.25, 0.3) is 0 Å². The number of ether oxygens (including phenoxy) is 3. The first-order chi connectivity index (χ1) is 18.5. The minimum Gasteiger partial charge on any atom is -0.463 e. The zero-order chi connectivity index (χ0) is 32.3. The van der Waals surface area contributed by atoms with Gasteiger partial charge in [-0.05, 0) is 45.6 Å². The number of amidine groups is 1. The molecule has 10 heteroatoms. The average Bonchev–Trinajstić information content (AvgIpc) is 2.92. The van der Waals surface area contributed by atoms with Gasteiger partial charge in [0.05, 0.1) is 17.9 Å². The summed E-state index contributed by atoms with van der Waals surface area (Å²) in [6.45, 7) is 20.9. The van der Waals surface area contributed by atoms with E-state index in [-0.39, 0.29) is 35.8 Å². The van der Waals surface area contributed by atoms with Gasteiger partial charge in [-0.3, -0.25) is 9.79 Å². The van der Waals surface area contributed by atoms with Crippen LogP contribution in [0.3, 0.4) is 0 Å². The van der Waals surface area contributed by atoms with Crippen molar-refractivity contribution in [3.63, 3.8) is 0 Å². The Morgan fingerprint density at radius 2 is 1.55 bits per heavy atom. The first-order valence-corrected chi connectivity index (χ1v) is 14.0. The van der Waals surface area contributed by atoms with Gasteiger partial charge in [-0.2, -0.15) is 0 Å². The van der Waals surface area contributed by atoms with Gasteiger partial charge >= 0.3 is 11.9 Å². The minimum absolute atomic E-state index is 0.0378. The minimum atomic E-state index is -0.958. The van der Waals surface area contributed by atoms with E-state index >= 15 is 0 Å². The van der Waals surface area contributed by atoms with Gasteiger partial charge in [-0.1, -0.05) is 67.9 Å². The molecule has 238 valence electrons. The Hall–Kier alpha value is -2.30. The van der Waals surface area contributed by atoms with Crippen molar-refractivity contribution in [1.82, 2.24) is 5.48 Å². The number of rotatable bonds is 12. The van der Waals surface area contributed by atoms with Crippen LogP contribution in [0, 0.1) is 23.7 Å². The first-order valence-electron chi connectivity index (χ1n) is 14.0. The van der Waals surface area contributed by atoms with Gasteiger partial charge < -0.3 is 28.9 Å². The molecule has 0 bridgehead atoms. The third kappa shape index (κ3) is 31.9. The van der Waals surface area contributed by atoms with E-state index < -0.39 is 5.79 Å². The third-order valence-electron chi connectivity index (χ3n) is 5.40. The van der Waals surface area contributed by atoms with Crippen LogP contribution in [0.2, 0.25) is 0 Å². The largest absolute Gasteiger partial charge is 0.463 e. The summed E-state index contributed by atoms with van der Waals surface area (Å²) < 4.78 is 14.9. The Morgan fingerprint density at radius 1 is 1.02 bits per heavy atom. The fourth-order valence-corrected chi connectivity index (χ4v) is 1.80. The summed E-state index contributed by atoms with van der Waals surface area (Å²) >= 11 is 0. The molecule has 0 aliphatic rings. The molecule has 0 saturated carbocycles. The zero-order valence-electron chi connectivity index (χ0n) is 27.7. The maximum Gasteiger partial charge on any atom is 0.334 e. The molecule has 0 fully saturated rings. The smallest absolute Gasteiger partial charge is 0.334 e. The molecule has 3 atom stereocenters. The van der Waals surface area contributed by atoms with Crippen LogP contribution < -0.4 is 5.48 Å². The van der Waals surface area contributed by atoms with Gasteiger partial charge in [-0.25, -0.2) is 10.3 Å². The molecular weight excluding hydrogens is 516 g/mol. The SMILES string of the molecule is C/C=C\C(=NC)NOC(=O)C(C)C.CCC(C)C=O.CCCC(COC(=O)C(C)C(C)C)OC.COC(C)(C)O. The maximum absolute atomic E-state index is 11.5. The van der Waals surface area contributed by atoms with E-state index in [0.29, 0.717) is 18.4 Å². The number of allylic oxidation sites excluding steroid dienone is 1. The molecule has 2 N–H and O–H groups in total. The van der Waals surface area contributed by atoms with E-state index in [4.69, 9.17) is 19.4 Å². The topological polar surface area (TPSA) is 133 Å². The van der Waals surface area contributed by atoms with Crippen LogP contribution in [-0.4, -0.2) is 68.9 Å². The summed E-state index contributed by atoms with van der Waals surface area (Å²) in [6.07, 6.45) is 7.46. The quantitative estimate of drug-likeness (QED) is 0.0769. The number of hydrogen-bond donors (Lipinski definition) is 2. The lowest BCUT2D eigenvalue weighted by molar-refractivity contribution is -0.155. The van der Waals surface area contributed by atoms with E-state index in [1.54, 1.807) is 54.0 Å². The lowest BCUT2D eigenvalue weighted by atomic mass is 9.99. The molecular formula is C30H60N2O8. The van der Waals surface area contributed by atoms with Gasteiger partial charge in [0.25, 0.3) is 0 Å². The van der Waals surface area contributed by atoms with Gasteiger partial charge in [-0.15, -0.1) is 0 Å². The van der Waals surface area contributed by atoms with Crippen LogP contribution in [0.15, 0.2) is 17.1 Å². The number of esters is 1. The Bertz CT molecular complexity index is 686. The molecule has 0 radical (unpaired) electrons. The summed E-state index contributed by atoms with van der Waals surface area (Å²) in [5, 5.41) is 8.60. The highest BCUT2D eigenvalue weighted by molar-refractivity contribution is 5.92. The van der Waals surface area contributed by atoms with E-state index in [9.17, 15) is 14.4 Å². The highest BCUT2D eigenvalue weighted by atomic mass is 16.7. The van der Waals surface area contributed by atoms with E-state index in [1.807, 2.05) is 41.5 Å². The fraction of sp³-hybridized carbons (Fsp3) is 0.800. The molecule has 3 unspecified atom stereocenters. The Labute approximate surface area is 244 Å². The third-order valence-corrected chi connectivity index (χ3v) is 5.40. The second kappa shape index (κ2) is 28.2. The van der Waals surface area contributed by atoms with Crippen molar-refractivity contribution < 1.29 is 38.5 Å². The van der Waals surface area contributed by atoms with Gasteiger partial charge in [0.1, 0.15) is 12.9 Å². The van der Waals surface area contributed by atoms with Gasteiger partial charge in [0, 0.05) is 27.2 Å². The molecule has 0 saturated heterocycles. The second-order valence-electron chi connectivity index (χ2n) is 10.3. The number of carbonyl (C=O) groups is 3. The molecule has 0 rings (SSSR count). The molecule has 0 aromatic heterocycles. The molecule has 0 aliphatic heterocycles. The highest BCUT2D eigenvalue weighted by Gasteiger charge is 2.19. The molecule has 0 aromatic carbocycles. The molecule has 0 spiro atoms. The monoisotopic (exact) mass is 576 g/mol. The van der Waals surface area contributed by atoms with Crippen molar-refractivity contribution in [2.45, 2.75) is 107 Å². The van der Waals surface area contributed by atoms with E-state index in [0.717, 1.165) is 25.5 Å². The molecule has 0 aliphatic carbocycles. The Balaban J connectivity index is -0.000000234. The number of hydroxylamine groups is 1. The number of methoxy groups -OCH3 is 2. The zero-order valence-corrected chi connectivity index (χ0v) is 27.7. The Kier molecular flexibility index (Phi) is 31.6. The summed E-state index contributed by atoms with van der Waals surface area (Å²) in [5.74, 6) is -0.458. The summed E-state index contributed by atoms with van der Waals surface area (Å²) in [5.41, 5.74) is 2.47.